The molecule has 0 bridgehead atoms. The molecule has 6 nitrogen and oxygen atoms in total. The molecule has 0 aromatic heterocycles. The van der Waals surface area contributed by atoms with Gasteiger partial charge in [-0.1, -0.05) is 18.2 Å². The standard InChI is InChI=1S/C17H23N3O3/c1-2-8-18-16(21)17(22)19-9-7-14-3-5-15(6-4-14)20-10-12-23-13-11-20/h2-6H,1,7-13H2,(H,18,21)(H,19,22). The molecule has 1 aromatic rings. The van der Waals surface area contributed by atoms with E-state index in [1.807, 2.05) is 0 Å². The van der Waals surface area contributed by atoms with Crippen molar-refractivity contribution in [1.29, 1.82) is 0 Å². The first kappa shape index (κ1) is 17.0. The molecule has 0 spiro atoms. The second-order valence-electron chi connectivity index (χ2n) is 5.27. The van der Waals surface area contributed by atoms with Gasteiger partial charge in [0.05, 0.1) is 13.2 Å². The molecular formula is C17H23N3O3. The van der Waals surface area contributed by atoms with E-state index in [1.54, 1.807) is 0 Å². The third-order valence-corrected chi connectivity index (χ3v) is 3.62. The molecule has 0 radical (unpaired) electrons. The quantitative estimate of drug-likeness (QED) is 0.591. The number of amides is 2. The second kappa shape index (κ2) is 8.95. The predicted molar refractivity (Wildman–Crippen MR) is 89.4 cm³/mol. The maximum Gasteiger partial charge on any atom is 0.309 e. The lowest BCUT2D eigenvalue weighted by atomic mass is 10.1. The Balaban J connectivity index is 1.74. The minimum absolute atomic E-state index is 0.287. The van der Waals surface area contributed by atoms with Gasteiger partial charge in [0.25, 0.3) is 0 Å². The van der Waals surface area contributed by atoms with E-state index in [4.69, 9.17) is 4.74 Å². The fourth-order valence-electron chi connectivity index (χ4n) is 2.34. The number of rotatable bonds is 6. The topological polar surface area (TPSA) is 70.7 Å². The third-order valence-electron chi connectivity index (χ3n) is 3.62. The normalized spacial score (nSPS) is 14.2. The smallest absolute Gasteiger partial charge is 0.309 e. The summed E-state index contributed by atoms with van der Waals surface area (Å²) in [5.74, 6) is -1.25. The van der Waals surface area contributed by atoms with Gasteiger partial charge in [-0.25, -0.2) is 0 Å². The van der Waals surface area contributed by atoms with E-state index in [-0.39, 0.29) is 6.54 Å². The van der Waals surface area contributed by atoms with Crippen molar-refractivity contribution < 1.29 is 14.3 Å². The van der Waals surface area contributed by atoms with Crippen LogP contribution in [0.4, 0.5) is 5.69 Å². The van der Waals surface area contributed by atoms with Crippen LogP contribution in [0.15, 0.2) is 36.9 Å². The fraction of sp³-hybridized carbons (Fsp3) is 0.412. The van der Waals surface area contributed by atoms with E-state index < -0.39 is 11.8 Å². The summed E-state index contributed by atoms with van der Waals surface area (Å²) < 4.78 is 5.34. The minimum Gasteiger partial charge on any atom is -0.378 e. The van der Waals surface area contributed by atoms with Crippen LogP contribution in [0, 0.1) is 0 Å². The lowest BCUT2D eigenvalue weighted by Crippen LogP contribution is -2.40. The van der Waals surface area contributed by atoms with Gasteiger partial charge in [0.1, 0.15) is 0 Å². The zero-order valence-electron chi connectivity index (χ0n) is 13.2. The molecule has 0 atom stereocenters. The van der Waals surface area contributed by atoms with Crippen molar-refractivity contribution in [2.45, 2.75) is 6.42 Å². The highest BCUT2D eigenvalue weighted by molar-refractivity contribution is 6.35. The summed E-state index contributed by atoms with van der Waals surface area (Å²) in [5.41, 5.74) is 2.30. The van der Waals surface area contributed by atoms with Crippen molar-refractivity contribution in [3.63, 3.8) is 0 Å². The minimum atomic E-state index is -0.632. The van der Waals surface area contributed by atoms with E-state index in [2.05, 4.69) is 46.4 Å². The number of hydrogen-bond acceptors (Lipinski definition) is 4. The number of nitrogens with one attached hydrogen (secondary N) is 2. The number of carbonyl (C=O) groups excluding carboxylic acids is 2. The summed E-state index contributed by atoms with van der Waals surface area (Å²) in [6, 6.07) is 8.27. The molecule has 0 saturated carbocycles. The van der Waals surface area contributed by atoms with Crippen molar-refractivity contribution in [2.24, 2.45) is 0 Å². The molecule has 124 valence electrons. The van der Waals surface area contributed by atoms with Crippen molar-refractivity contribution in [3.05, 3.63) is 42.5 Å². The summed E-state index contributed by atoms with van der Waals surface area (Å²) in [7, 11) is 0. The summed E-state index contributed by atoms with van der Waals surface area (Å²) in [5, 5.41) is 5.05. The van der Waals surface area contributed by atoms with Crippen LogP contribution in [0.1, 0.15) is 5.56 Å². The van der Waals surface area contributed by atoms with E-state index in [0.29, 0.717) is 13.0 Å². The Morgan fingerprint density at radius 3 is 2.43 bits per heavy atom. The van der Waals surface area contributed by atoms with Crippen LogP contribution in [-0.2, 0) is 20.7 Å². The molecule has 1 aliphatic heterocycles. The average molecular weight is 317 g/mol. The number of benzene rings is 1. The van der Waals surface area contributed by atoms with Crippen LogP contribution in [0.5, 0.6) is 0 Å². The highest BCUT2D eigenvalue weighted by atomic mass is 16.5. The molecule has 2 amide bonds. The van der Waals surface area contributed by atoms with Crippen LogP contribution in [-0.4, -0.2) is 51.2 Å². The van der Waals surface area contributed by atoms with Gasteiger partial charge in [-0.3, -0.25) is 9.59 Å². The molecule has 1 heterocycles. The zero-order valence-corrected chi connectivity index (χ0v) is 13.2. The lowest BCUT2D eigenvalue weighted by Gasteiger charge is -2.28. The van der Waals surface area contributed by atoms with Gasteiger partial charge < -0.3 is 20.3 Å². The summed E-state index contributed by atoms with van der Waals surface area (Å²) in [6.07, 6.45) is 2.21. The number of hydrogen-bond donors (Lipinski definition) is 2. The van der Waals surface area contributed by atoms with Gasteiger partial charge in [-0.15, -0.1) is 6.58 Å². The van der Waals surface area contributed by atoms with E-state index in [9.17, 15) is 9.59 Å². The maximum absolute atomic E-state index is 11.5. The fourth-order valence-corrected chi connectivity index (χ4v) is 2.34. The van der Waals surface area contributed by atoms with E-state index >= 15 is 0 Å². The predicted octanol–water partition coefficient (Wildman–Crippen LogP) is 0.484. The molecule has 6 heteroatoms. The molecule has 0 aliphatic carbocycles. The molecule has 1 aliphatic rings. The Kier molecular flexibility index (Phi) is 6.62. The molecule has 23 heavy (non-hydrogen) atoms. The highest BCUT2D eigenvalue weighted by Crippen LogP contribution is 2.16. The van der Waals surface area contributed by atoms with Crippen LogP contribution < -0.4 is 15.5 Å². The van der Waals surface area contributed by atoms with Gasteiger partial charge in [-0.2, -0.15) is 0 Å². The number of nitrogens with zero attached hydrogens (tertiary/aromatic N) is 1. The Morgan fingerprint density at radius 1 is 1.13 bits per heavy atom. The molecule has 2 N–H and O–H groups in total. The summed E-state index contributed by atoms with van der Waals surface area (Å²) in [6.45, 7) is 7.55. The molecule has 0 unspecified atom stereocenters. The first-order valence-corrected chi connectivity index (χ1v) is 7.79. The number of ether oxygens (including phenoxy) is 1. The first-order valence-electron chi connectivity index (χ1n) is 7.79. The molecule has 2 rings (SSSR count). The average Bonchev–Trinajstić information content (AvgIpc) is 2.61. The van der Waals surface area contributed by atoms with E-state index in [0.717, 1.165) is 31.9 Å². The number of morpholine rings is 1. The SMILES string of the molecule is C=CCNC(=O)C(=O)NCCc1ccc(N2CCOCC2)cc1. The van der Waals surface area contributed by atoms with Crippen LogP contribution >= 0.6 is 0 Å². The molecule has 1 saturated heterocycles. The molecule has 1 fully saturated rings. The number of anilines is 1. The third kappa shape index (κ3) is 5.41. The Morgan fingerprint density at radius 2 is 1.78 bits per heavy atom. The van der Waals surface area contributed by atoms with Gasteiger partial charge >= 0.3 is 11.8 Å². The van der Waals surface area contributed by atoms with Crippen molar-refractivity contribution in [1.82, 2.24) is 10.6 Å². The Labute approximate surface area is 136 Å². The van der Waals surface area contributed by atoms with Gasteiger partial charge in [0.2, 0.25) is 0 Å². The zero-order chi connectivity index (χ0) is 16.5. The maximum atomic E-state index is 11.5. The van der Waals surface area contributed by atoms with Gasteiger partial charge in [0, 0.05) is 31.9 Å². The Hall–Kier alpha value is -2.34. The highest BCUT2D eigenvalue weighted by Gasteiger charge is 2.12. The summed E-state index contributed by atoms with van der Waals surface area (Å²) >= 11 is 0. The first-order chi connectivity index (χ1) is 11.2. The van der Waals surface area contributed by atoms with Crippen molar-refractivity contribution in [2.75, 3.05) is 44.3 Å². The van der Waals surface area contributed by atoms with Crippen LogP contribution in [0.25, 0.3) is 0 Å². The number of carbonyl (C=O) groups is 2. The van der Waals surface area contributed by atoms with E-state index in [1.165, 1.54) is 11.8 Å². The second-order valence-corrected chi connectivity index (χ2v) is 5.27. The van der Waals surface area contributed by atoms with Crippen molar-refractivity contribution >= 4 is 17.5 Å². The van der Waals surface area contributed by atoms with Crippen molar-refractivity contribution in [3.8, 4) is 0 Å². The lowest BCUT2D eigenvalue weighted by molar-refractivity contribution is -0.139. The van der Waals surface area contributed by atoms with Gasteiger partial charge in [0.15, 0.2) is 0 Å². The monoisotopic (exact) mass is 317 g/mol. The van der Waals surface area contributed by atoms with Gasteiger partial charge in [-0.05, 0) is 24.1 Å². The summed E-state index contributed by atoms with van der Waals surface area (Å²) in [4.78, 5) is 25.2. The van der Waals surface area contributed by atoms with Crippen LogP contribution in [0.2, 0.25) is 0 Å². The Bertz CT molecular complexity index is 537. The molecular weight excluding hydrogens is 294 g/mol. The largest absolute Gasteiger partial charge is 0.378 e. The molecule has 1 aromatic carbocycles. The van der Waals surface area contributed by atoms with Crippen LogP contribution in [0.3, 0.4) is 0 Å².